The lowest BCUT2D eigenvalue weighted by atomic mass is 10.1. The number of hydrogen-bond acceptors (Lipinski definition) is 5. The normalized spacial score (nSPS) is 18.1. The van der Waals surface area contributed by atoms with Gasteiger partial charge in [0.05, 0.1) is 23.1 Å². The van der Waals surface area contributed by atoms with Crippen LogP contribution in [0.3, 0.4) is 0 Å². The van der Waals surface area contributed by atoms with Crippen molar-refractivity contribution in [2.24, 2.45) is 4.99 Å². The first-order valence-corrected chi connectivity index (χ1v) is 8.44. The molecule has 0 bridgehead atoms. The number of carbonyl (C=O) groups is 1. The molecule has 0 spiro atoms. The summed E-state index contributed by atoms with van der Waals surface area (Å²) < 4.78 is 11.1. The van der Waals surface area contributed by atoms with Crippen LogP contribution in [0, 0.1) is 0 Å². The van der Waals surface area contributed by atoms with E-state index >= 15 is 0 Å². The Kier molecular flexibility index (Phi) is 5.96. The molecule has 2 rings (SSSR count). The summed E-state index contributed by atoms with van der Waals surface area (Å²) in [6.45, 7) is 4.77. The molecular weight excluding hydrogens is 336 g/mol. The van der Waals surface area contributed by atoms with Gasteiger partial charge in [-0.2, -0.15) is 0 Å². The summed E-state index contributed by atoms with van der Waals surface area (Å²) >= 11 is 7.63. The number of aliphatic imine (C=N–C) groups is 1. The molecule has 0 radical (unpaired) electrons. The van der Waals surface area contributed by atoms with Crippen LogP contribution < -0.4 is 9.47 Å². The molecule has 0 atom stereocenters. The first-order valence-electron chi connectivity index (χ1n) is 7.25. The molecule has 0 saturated carbocycles. The molecule has 1 fully saturated rings. The Balaban J connectivity index is 2.41. The van der Waals surface area contributed by atoms with Crippen molar-refractivity contribution < 1.29 is 14.3 Å². The van der Waals surface area contributed by atoms with Gasteiger partial charge in [0, 0.05) is 14.1 Å². The predicted molar refractivity (Wildman–Crippen MR) is 95.5 cm³/mol. The number of rotatable bonds is 5. The second kappa shape index (κ2) is 7.75. The molecule has 1 saturated heterocycles. The van der Waals surface area contributed by atoms with Gasteiger partial charge in [-0.25, -0.2) is 0 Å². The zero-order valence-corrected chi connectivity index (χ0v) is 15.1. The van der Waals surface area contributed by atoms with Crippen LogP contribution in [0.5, 0.6) is 11.5 Å². The van der Waals surface area contributed by atoms with Crippen molar-refractivity contribution >= 4 is 40.5 Å². The molecule has 0 N–H and O–H groups in total. The van der Waals surface area contributed by atoms with Gasteiger partial charge in [-0.3, -0.25) is 14.7 Å². The molecule has 0 aliphatic carbocycles. The van der Waals surface area contributed by atoms with Gasteiger partial charge in [-0.05, 0) is 49.4 Å². The van der Waals surface area contributed by atoms with Gasteiger partial charge in [0.2, 0.25) is 0 Å². The molecule has 1 aromatic carbocycles. The highest BCUT2D eigenvalue weighted by Crippen LogP contribution is 2.38. The fourth-order valence-corrected chi connectivity index (χ4v) is 3.32. The fourth-order valence-electron chi connectivity index (χ4n) is 2.12. The summed E-state index contributed by atoms with van der Waals surface area (Å²) in [5.74, 6) is 1.01. The molecule has 1 aromatic rings. The van der Waals surface area contributed by atoms with Gasteiger partial charge in [0.15, 0.2) is 16.7 Å². The number of hydrogen-bond donors (Lipinski definition) is 0. The largest absolute Gasteiger partial charge is 0.490 e. The molecule has 124 valence electrons. The number of likely N-dealkylation sites (N-methyl/N-ethyl adjacent to an activating group) is 1. The molecule has 0 aromatic heterocycles. The van der Waals surface area contributed by atoms with Crippen molar-refractivity contribution in [3.05, 3.63) is 27.6 Å². The Morgan fingerprint density at radius 3 is 2.57 bits per heavy atom. The van der Waals surface area contributed by atoms with Crippen molar-refractivity contribution in [1.82, 2.24) is 4.90 Å². The number of ether oxygens (including phenoxy) is 2. The lowest BCUT2D eigenvalue weighted by molar-refractivity contribution is -0.121. The number of benzene rings is 1. The van der Waals surface area contributed by atoms with Crippen LogP contribution in [0.2, 0.25) is 5.02 Å². The fraction of sp³-hybridized carbons (Fsp3) is 0.375. The second-order valence-electron chi connectivity index (χ2n) is 4.68. The molecule has 0 unspecified atom stereocenters. The van der Waals surface area contributed by atoms with E-state index in [4.69, 9.17) is 21.1 Å². The van der Waals surface area contributed by atoms with Crippen LogP contribution in [0.25, 0.3) is 6.08 Å². The van der Waals surface area contributed by atoms with E-state index in [1.165, 1.54) is 16.7 Å². The zero-order chi connectivity index (χ0) is 17.0. The monoisotopic (exact) mass is 354 g/mol. The smallest absolute Gasteiger partial charge is 0.266 e. The third kappa shape index (κ3) is 3.82. The maximum atomic E-state index is 12.2. The first-order chi connectivity index (χ1) is 11.0. The minimum absolute atomic E-state index is 0.0847. The van der Waals surface area contributed by atoms with Crippen LogP contribution in [0.4, 0.5) is 0 Å². The molecule has 1 amide bonds. The number of nitrogens with zero attached hydrogens (tertiary/aromatic N) is 2. The van der Waals surface area contributed by atoms with Gasteiger partial charge in [0.25, 0.3) is 5.91 Å². The molecule has 7 heteroatoms. The van der Waals surface area contributed by atoms with Crippen molar-refractivity contribution in [3.8, 4) is 11.5 Å². The van der Waals surface area contributed by atoms with Gasteiger partial charge in [-0.1, -0.05) is 11.6 Å². The van der Waals surface area contributed by atoms with Crippen LogP contribution in [-0.4, -0.2) is 43.3 Å². The quantitative estimate of drug-likeness (QED) is 0.757. The molecular formula is C16H19ClN2O3S. The van der Waals surface area contributed by atoms with E-state index in [0.29, 0.717) is 39.8 Å². The Hall–Kier alpha value is -1.66. The zero-order valence-electron chi connectivity index (χ0n) is 13.6. The molecule has 1 aliphatic heterocycles. The first kappa shape index (κ1) is 17.7. The van der Waals surface area contributed by atoms with Crippen molar-refractivity contribution in [1.29, 1.82) is 0 Å². The van der Waals surface area contributed by atoms with Crippen LogP contribution >= 0.6 is 23.4 Å². The van der Waals surface area contributed by atoms with E-state index in [-0.39, 0.29) is 5.91 Å². The van der Waals surface area contributed by atoms with Crippen LogP contribution in [-0.2, 0) is 4.79 Å². The van der Waals surface area contributed by atoms with Crippen LogP contribution in [0.1, 0.15) is 19.4 Å². The third-order valence-corrected chi connectivity index (χ3v) is 4.55. The molecule has 1 heterocycles. The summed E-state index contributed by atoms with van der Waals surface area (Å²) in [7, 11) is 3.37. The van der Waals surface area contributed by atoms with E-state index in [0.717, 1.165) is 5.56 Å². The topological polar surface area (TPSA) is 51.1 Å². The summed E-state index contributed by atoms with van der Waals surface area (Å²) in [5, 5.41) is 1.13. The summed E-state index contributed by atoms with van der Waals surface area (Å²) in [5.41, 5.74) is 0.781. The van der Waals surface area contributed by atoms with Gasteiger partial charge < -0.3 is 9.47 Å². The Labute approximate surface area is 145 Å². The summed E-state index contributed by atoms with van der Waals surface area (Å²) in [4.78, 5) is 18.4. The lowest BCUT2D eigenvalue weighted by Gasteiger charge is -2.13. The number of amidine groups is 1. The highest BCUT2D eigenvalue weighted by atomic mass is 35.5. The van der Waals surface area contributed by atoms with E-state index < -0.39 is 0 Å². The average Bonchev–Trinajstić information content (AvgIpc) is 2.79. The minimum Gasteiger partial charge on any atom is -0.490 e. The Bertz CT molecular complexity index is 674. The van der Waals surface area contributed by atoms with Crippen molar-refractivity contribution in [2.45, 2.75) is 13.8 Å². The SMILES string of the molecule is CCOc1cc(/C=C2/SC(=NC)N(C)C2=O)cc(Cl)c1OCC. The standard InChI is InChI=1S/C16H19ClN2O3S/c1-5-21-12-8-10(7-11(17)14(12)22-6-2)9-13-15(20)19(4)16(18-3)23-13/h7-9H,5-6H2,1-4H3/b13-9+,18-16?. The van der Waals surface area contributed by atoms with Crippen molar-refractivity contribution in [3.63, 3.8) is 0 Å². The predicted octanol–water partition coefficient (Wildman–Crippen LogP) is 3.67. The number of carbonyl (C=O) groups excluding carboxylic acids is 1. The van der Waals surface area contributed by atoms with Crippen molar-refractivity contribution in [2.75, 3.05) is 27.3 Å². The summed E-state index contributed by atoms with van der Waals surface area (Å²) in [6, 6.07) is 3.58. The maximum Gasteiger partial charge on any atom is 0.266 e. The highest BCUT2D eigenvalue weighted by Gasteiger charge is 2.29. The number of halogens is 1. The number of amides is 1. The Morgan fingerprint density at radius 1 is 1.30 bits per heavy atom. The van der Waals surface area contributed by atoms with E-state index in [1.807, 2.05) is 19.9 Å². The number of thioether (sulfide) groups is 1. The Morgan fingerprint density at radius 2 is 2.00 bits per heavy atom. The molecule has 23 heavy (non-hydrogen) atoms. The minimum atomic E-state index is -0.0847. The van der Waals surface area contributed by atoms with Gasteiger partial charge in [-0.15, -0.1) is 0 Å². The lowest BCUT2D eigenvalue weighted by Crippen LogP contribution is -2.23. The van der Waals surface area contributed by atoms with Gasteiger partial charge in [0.1, 0.15) is 0 Å². The van der Waals surface area contributed by atoms with Crippen LogP contribution in [0.15, 0.2) is 22.0 Å². The average molecular weight is 355 g/mol. The highest BCUT2D eigenvalue weighted by molar-refractivity contribution is 8.18. The molecule has 1 aliphatic rings. The third-order valence-electron chi connectivity index (χ3n) is 3.11. The van der Waals surface area contributed by atoms with E-state index in [9.17, 15) is 4.79 Å². The van der Waals surface area contributed by atoms with Gasteiger partial charge >= 0.3 is 0 Å². The van der Waals surface area contributed by atoms with E-state index in [1.54, 1.807) is 26.2 Å². The van der Waals surface area contributed by atoms with E-state index in [2.05, 4.69) is 4.99 Å². The second-order valence-corrected chi connectivity index (χ2v) is 6.09. The molecule has 5 nitrogen and oxygen atoms in total. The maximum absolute atomic E-state index is 12.2. The summed E-state index contributed by atoms with van der Waals surface area (Å²) in [6.07, 6.45) is 1.78.